The summed E-state index contributed by atoms with van der Waals surface area (Å²) in [4.78, 5) is 12.0. The quantitative estimate of drug-likeness (QED) is 0.892. The lowest BCUT2D eigenvalue weighted by Gasteiger charge is -2.13. The van der Waals surface area contributed by atoms with E-state index in [0.29, 0.717) is 5.92 Å². The van der Waals surface area contributed by atoms with Crippen molar-refractivity contribution in [1.29, 1.82) is 0 Å². The van der Waals surface area contributed by atoms with Crippen LogP contribution in [0.5, 0.6) is 0 Å². The van der Waals surface area contributed by atoms with Crippen LogP contribution in [0.1, 0.15) is 36.5 Å². The molecule has 0 radical (unpaired) electrons. The molecule has 2 atom stereocenters. The number of benzene rings is 1. The molecule has 5 nitrogen and oxygen atoms in total. The molecule has 1 saturated carbocycles. The van der Waals surface area contributed by atoms with Crippen LogP contribution in [0.3, 0.4) is 0 Å². The summed E-state index contributed by atoms with van der Waals surface area (Å²) in [5.41, 5.74) is 0.209. The molecule has 1 fully saturated rings. The lowest BCUT2D eigenvalue weighted by atomic mass is 10.1. The van der Waals surface area contributed by atoms with Gasteiger partial charge in [-0.1, -0.05) is 18.5 Å². The molecule has 2 rings (SSSR count). The van der Waals surface area contributed by atoms with Crippen LogP contribution in [0.4, 0.5) is 0 Å². The molecule has 20 heavy (non-hydrogen) atoms. The van der Waals surface area contributed by atoms with Crippen molar-refractivity contribution in [3.8, 4) is 0 Å². The van der Waals surface area contributed by atoms with Crippen LogP contribution in [-0.2, 0) is 10.0 Å². The Bertz CT molecular complexity index is 631. The predicted octanol–water partition coefficient (Wildman–Crippen LogP) is 1.91. The zero-order chi connectivity index (χ0) is 14.9. The van der Waals surface area contributed by atoms with Crippen LogP contribution in [0, 0.1) is 5.92 Å². The standard InChI is InChI=1S/C13H17ClN2O3S/c1-8-2-3-11(4-8)16-13(17)9-5-10(14)7-12(6-9)20(15,18)19/h5-8,11H,2-4H2,1H3,(H,16,17)(H2,15,18,19). The Morgan fingerprint density at radius 2 is 2.05 bits per heavy atom. The minimum Gasteiger partial charge on any atom is -0.349 e. The van der Waals surface area contributed by atoms with Crippen molar-refractivity contribution in [3.05, 3.63) is 28.8 Å². The smallest absolute Gasteiger partial charge is 0.251 e. The minimum absolute atomic E-state index is 0.134. The number of primary sulfonamides is 1. The number of nitrogens with one attached hydrogen (secondary N) is 1. The maximum Gasteiger partial charge on any atom is 0.251 e. The largest absolute Gasteiger partial charge is 0.349 e. The maximum absolute atomic E-state index is 12.1. The van der Waals surface area contributed by atoms with E-state index in [0.717, 1.165) is 19.3 Å². The van der Waals surface area contributed by atoms with Crippen molar-refractivity contribution in [2.75, 3.05) is 0 Å². The molecule has 110 valence electrons. The van der Waals surface area contributed by atoms with Crippen molar-refractivity contribution in [1.82, 2.24) is 5.32 Å². The number of sulfonamides is 1. The van der Waals surface area contributed by atoms with E-state index in [9.17, 15) is 13.2 Å². The van der Waals surface area contributed by atoms with Crippen LogP contribution < -0.4 is 10.5 Å². The van der Waals surface area contributed by atoms with E-state index >= 15 is 0 Å². The third-order valence-corrected chi connectivity index (χ3v) is 4.60. The number of rotatable bonds is 3. The number of nitrogens with two attached hydrogens (primary N) is 1. The normalized spacial score (nSPS) is 22.8. The second-order valence-electron chi connectivity index (χ2n) is 5.31. The molecule has 0 bridgehead atoms. The van der Waals surface area contributed by atoms with E-state index in [1.807, 2.05) is 0 Å². The number of amides is 1. The van der Waals surface area contributed by atoms with Gasteiger partial charge in [0.2, 0.25) is 10.0 Å². The van der Waals surface area contributed by atoms with Gasteiger partial charge in [0.05, 0.1) is 4.90 Å². The maximum atomic E-state index is 12.1. The number of hydrogen-bond acceptors (Lipinski definition) is 3. The lowest BCUT2D eigenvalue weighted by molar-refractivity contribution is 0.0937. The fourth-order valence-electron chi connectivity index (χ4n) is 2.47. The Morgan fingerprint density at radius 1 is 1.35 bits per heavy atom. The summed E-state index contributed by atoms with van der Waals surface area (Å²) in [6, 6.07) is 4.04. The van der Waals surface area contributed by atoms with Gasteiger partial charge in [0.15, 0.2) is 0 Å². The lowest BCUT2D eigenvalue weighted by Crippen LogP contribution is -2.33. The molecule has 7 heteroatoms. The number of hydrogen-bond donors (Lipinski definition) is 2. The molecule has 3 N–H and O–H groups in total. The highest BCUT2D eigenvalue weighted by atomic mass is 35.5. The summed E-state index contributed by atoms with van der Waals surface area (Å²) in [6.45, 7) is 2.14. The van der Waals surface area contributed by atoms with Crippen molar-refractivity contribution in [2.45, 2.75) is 37.1 Å². The number of halogens is 1. The molecule has 0 aliphatic heterocycles. The molecule has 1 aromatic carbocycles. The Hall–Kier alpha value is -1.11. The van der Waals surface area contributed by atoms with E-state index in [1.54, 1.807) is 0 Å². The number of carbonyl (C=O) groups is 1. The highest BCUT2D eigenvalue weighted by Crippen LogP contribution is 2.25. The highest BCUT2D eigenvalue weighted by molar-refractivity contribution is 7.89. The Kier molecular flexibility index (Phi) is 4.36. The number of carbonyl (C=O) groups excluding carboxylic acids is 1. The summed E-state index contributed by atoms with van der Waals surface area (Å²) >= 11 is 5.84. The second-order valence-corrected chi connectivity index (χ2v) is 7.31. The first-order valence-corrected chi connectivity index (χ1v) is 8.32. The first-order chi connectivity index (χ1) is 9.25. The monoisotopic (exact) mass is 316 g/mol. The molecular formula is C13H17ClN2O3S. The van der Waals surface area contributed by atoms with Crippen molar-refractivity contribution < 1.29 is 13.2 Å². The van der Waals surface area contributed by atoms with Gasteiger partial charge in [-0.05, 0) is 43.4 Å². The third kappa shape index (κ3) is 3.71. The highest BCUT2D eigenvalue weighted by Gasteiger charge is 2.23. The third-order valence-electron chi connectivity index (χ3n) is 3.49. The predicted molar refractivity (Wildman–Crippen MR) is 77.1 cm³/mol. The average Bonchev–Trinajstić information content (AvgIpc) is 2.72. The van der Waals surface area contributed by atoms with E-state index in [-0.39, 0.29) is 27.4 Å². The topological polar surface area (TPSA) is 89.3 Å². The van der Waals surface area contributed by atoms with Gasteiger partial charge in [-0.15, -0.1) is 0 Å². The fourth-order valence-corrected chi connectivity index (χ4v) is 3.35. The van der Waals surface area contributed by atoms with E-state index in [1.165, 1.54) is 18.2 Å². The Morgan fingerprint density at radius 3 is 2.60 bits per heavy atom. The first kappa shape index (κ1) is 15.3. The Balaban J connectivity index is 2.20. The second kappa shape index (κ2) is 5.71. The molecule has 1 amide bonds. The SMILES string of the molecule is CC1CCC(NC(=O)c2cc(Cl)cc(S(N)(=O)=O)c2)C1. The molecule has 0 aromatic heterocycles. The zero-order valence-electron chi connectivity index (χ0n) is 11.1. The van der Waals surface area contributed by atoms with Gasteiger partial charge in [-0.3, -0.25) is 4.79 Å². The van der Waals surface area contributed by atoms with Gasteiger partial charge < -0.3 is 5.32 Å². The summed E-state index contributed by atoms with van der Waals surface area (Å²) in [5.74, 6) is 0.274. The van der Waals surface area contributed by atoms with Gasteiger partial charge in [-0.2, -0.15) is 0 Å². The fraction of sp³-hybridized carbons (Fsp3) is 0.462. The summed E-state index contributed by atoms with van der Waals surface area (Å²) in [6.07, 6.45) is 2.97. The molecule has 0 spiro atoms. The minimum atomic E-state index is -3.88. The molecule has 0 saturated heterocycles. The zero-order valence-corrected chi connectivity index (χ0v) is 12.7. The molecular weight excluding hydrogens is 300 g/mol. The van der Waals surface area contributed by atoms with Crippen LogP contribution in [-0.4, -0.2) is 20.4 Å². The van der Waals surface area contributed by atoms with Crippen LogP contribution in [0.2, 0.25) is 5.02 Å². The van der Waals surface area contributed by atoms with Crippen LogP contribution in [0.25, 0.3) is 0 Å². The van der Waals surface area contributed by atoms with Gasteiger partial charge in [0, 0.05) is 16.6 Å². The molecule has 2 unspecified atom stereocenters. The van der Waals surface area contributed by atoms with Gasteiger partial charge >= 0.3 is 0 Å². The first-order valence-electron chi connectivity index (χ1n) is 6.40. The molecule has 1 aliphatic rings. The summed E-state index contributed by atoms with van der Waals surface area (Å²) in [7, 11) is -3.88. The van der Waals surface area contributed by atoms with E-state index in [2.05, 4.69) is 12.2 Å². The van der Waals surface area contributed by atoms with Gasteiger partial charge in [0.1, 0.15) is 0 Å². The Labute approximate surface area is 123 Å². The van der Waals surface area contributed by atoms with Crippen molar-refractivity contribution in [2.24, 2.45) is 11.1 Å². The molecule has 1 aliphatic carbocycles. The van der Waals surface area contributed by atoms with Crippen LogP contribution in [0.15, 0.2) is 23.1 Å². The van der Waals surface area contributed by atoms with E-state index in [4.69, 9.17) is 16.7 Å². The summed E-state index contributed by atoms with van der Waals surface area (Å²) in [5, 5.41) is 8.12. The van der Waals surface area contributed by atoms with Gasteiger partial charge in [0.25, 0.3) is 5.91 Å². The van der Waals surface area contributed by atoms with Gasteiger partial charge in [-0.25, -0.2) is 13.6 Å². The van der Waals surface area contributed by atoms with Crippen molar-refractivity contribution >= 4 is 27.5 Å². The summed E-state index contributed by atoms with van der Waals surface area (Å²) < 4.78 is 22.7. The molecule has 1 aromatic rings. The average molecular weight is 317 g/mol. The van der Waals surface area contributed by atoms with Crippen molar-refractivity contribution in [3.63, 3.8) is 0 Å². The molecule has 0 heterocycles. The van der Waals surface area contributed by atoms with Crippen LogP contribution >= 0.6 is 11.6 Å². The van der Waals surface area contributed by atoms with E-state index < -0.39 is 10.0 Å².